The molecule has 112 valence electrons. The first kappa shape index (κ1) is 16.4. The lowest BCUT2D eigenvalue weighted by Crippen LogP contribution is -2.21. The lowest BCUT2D eigenvalue weighted by Gasteiger charge is -2.20. The van der Waals surface area contributed by atoms with Crippen molar-refractivity contribution in [1.82, 2.24) is 5.32 Å². The van der Waals surface area contributed by atoms with E-state index in [1.807, 2.05) is 18.2 Å². The minimum atomic E-state index is 0.255. The zero-order valence-corrected chi connectivity index (χ0v) is 13.8. The molecule has 1 nitrogen and oxygen atoms in total. The standard InChI is InChI=1S/C18H21Cl2N/c1-2-21-18(16-13-15(19)11-12-17(16)20)10-6-9-14-7-4-3-5-8-14/h3-5,7-8,11-13,18,21H,2,6,9-10H2,1H3. The molecule has 0 fully saturated rings. The van der Waals surface area contributed by atoms with E-state index in [-0.39, 0.29) is 6.04 Å². The molecule has 0 aliphatic carbocycles. The Labute approximate surface area is 137 Å². The fraction of sp³-hybridized carbons (Fsp3) is 0.333. The molecule has 2 rings (SSSR count). The number of halogens is 2. The molecule has 0 saturated heterocycles. The summed E-state index contributed by atoms with van der Waals surface area (Å²) in [5, 5.41) is 5.03. The maximum absolute atomic E-state index is 6.32. The second-order valence-electron chi connectivity index (χ2n) is 5.15. The average molecular weight is 322 g/mol. The van der Waals surface area contributed by atoms with E-state index in [1.54, 1.807) is 0 Å². The van der Waals surface area contributed by atoms with Crippen LogP contribution in [-0.2, 0) is 6.42 Å². The summed E-state index contributed by atoms with van der Waals surface area (Å²) < 4.78 is 0. The molecule has 0 aromatic heterocycles. The van der Waals surface area contributed by atoms with Gasteiger partial charge in [-0.2, -0.15) is 0 Å². The molecule has 0 aliphatic rings. The van der Waals surface area contributed by atoms with Gasteiger partial charge in [0.05, 0.1) is 0 Å². The first-order valence-electron chi connectivity index (χ1n) is 7.43. The molecule has 0 heterocycles. The second-order valence-corrected chi connectivity index (χ2v) is 6.00. The third-order valence-electron chi connectivity index (χ3n) is 3.59. The summed E-state index contributed by atoms with van der Waals surface area (Å²) in [6, 6.07) is 16.5. The van der Waals surface area contributed by atoms with Gasteiger partial charge in [-0.1, -0.05) is 60.5 Å². The maximum atomic E-state index is 6.32. The summed E-state index contributed by atoms with van der Waals surface area (Å²) in [7, 11) is 0. The SMILES string of the molecule is CCNC(CCCc1ccccc1)c1cc(Cl)ccc1Cl. The summed E-state index contributed by atoms with van der Waals surface area (Å²) in [5.41, 5.74) is 2.48. The highest BCUT2D eigenvalue weighted by molar-refractivity contribution is 6.33. The van der Waals surface area contributed by atoms with Crippen molar-refractivity contribution in [3.05, 3.63) is 69.7 Å². The number of hydrogen-bond acceptors (Lipinski definition) is 1. The largest absolute Gasteiger partial charge is 0.310 e. The highest BCUT2D eigenvalue weighted by atomic mass is 35.5. The Balaban J connectivity index is 2.00. The van der Waals surface area contributed by atoms with Gasteiger partial charge in [0.1, 0.15) is 0 Å². The van der Waals surface area contributed by atoms with Crippen molar-refractivity contribution < 1.29 is 0 Å². The van der Waals surface area contributed by atoms with Crippen molar-refractivity contribution in [1.29, 1.82) is 0 Å². The van der Waals surface area contributed by atoms with Gasteiger partial charge in [-0.3, -0.25) is 0 Å². The van der Waals surface area contributed by atoms with E-state index < -0.39 is 0 Å². The predicted octanol–water partition coefficient (Wildman–Crippen LogP) is 5.67. The van der Waals surface area contributed by atoms with Crippen molar-refractivity contribution in [3.8, 4) is 0 Å². The topological polar surface area (TPSA) is 12.0 Å². The van der Waals surface area contributed by atoms with Crippen LogP contribution in [0.1, 0.15) is 36.9 Å². The molecule has 1 unspecified atom stereocenters. The van der Waals surface area contributed by atoms with Crippen LogP contribution in [0.5, 0.6) is 0 Å². The molecule has 0 amide bonds. The third-order valence-corrected chi connectivity index (χ3v) is 4.16. The summed E-state index contributed by atoms with van der Waals surface area (Å²) in [6.45, 7) is 3.03. The highest BCUT2D eigenvalue weighted by Gasteiger charge is 2.14. The van der Waals surface area contributed by atoms with Crippen LogP contribution in [0.3, 0.4) is 0 Å². The Hall–Kier alpha value is -1.02. The number of aryl methyl sites for hydroxylation is 1. The molecule has 1 N–H and O–H groups in total. The lowest BCUT2D eigenvalue weighted by molar-refractivity contribution is 0.498. The molecule has 2 aromatic carbocycles. The number of rotatable bonds is 7. The van der Waals surface area contributed by atoms with Crippen LogP contribution in [0.4, 0.5) is 0 Å². The molecular weight excluding hydrogens is 301 g/mol. The summed E-state index contributed by atoms with van der Waals surface area (Å²) in [4.78, 5) is 0. The van der Waals surface area contributed by atoms with Crippen LogP contribution in [0.2, 0.25) is 10.0 Å². The molecule has 0 aliphatic heterocycles. The average Bonchev–Trinajstić information content (AvgIpc) is 2.50. The molecule has 0 bridgehead atoms. The number of hydrogen-bond donors (Lipinski definition) is 1. The molecule has 0 spiro atoms. The Bertz CT molecular complexity index is 554. The van der Waals surface area contributed by atoms with Crippen LogP contribution in [-0.4, -0.2) is 6.54 Å². The minimum Gasteiger partial charge on any atom is -0.310 e. The van der Waals surface area contributed by atoms with Gasteiger partial charge >= 0.3 is 0 Å². The smallest absolute Gasteiger partial charge is 0.0454 e. The van der Waals surface area contributed by atoms with Gasteiger partial charge in [0.2, 0.25) is 0 Å². The van der Waals surface area contributed by atoms with Gasteiger partial charge in [0, 0.05) is 16.1 Å². The zero-order chi connectivity index (χ0) is 15.1. The molecule has 0 saturated carbocycles. The number of benzene rings is 2. The first-order valence-corrected chi connectivity index (χ1v) is 8.18. The van der Waals surface area contributed by atoms with Crippen molar-refractivity contribution in [2.24, 2.45) is 0 Å². The van der Waals surface area contributed by atoms with E-state index in [2.05, 4.69) is 42.6 Å². The predicted molar refractivity (Wildman–Crippen MR) is 92.3 cm³/mol. The zero-order valence-electron chi connectivity index (χ0n) is 12.3. The van der Waals surface area contributed by atoms with E-state index in [1.165, 1.54) is 5.56 Å². The third kappa shape index (κ3) is 5.03. The molecule has 2 aromatic rings. The molecule has 3 heteroatoms. The van der Waals surface area contributed by atoms with Crippen LogP contribution in [0.25, 0.3) is 0 Å². The second kappa shape index (κ2) is 8.43. The summed E-state index contributed by atoms with van der Waals surface area (Å²) in [5.74, 6) is 0. The van der Waals surface area contributed by atoms with Gasteiger partial charge in [0.25, 0.3) is 0 Å². The van der Waals surface area contributed by atoms with Crippen molar-refractivity contribution >= 4 is 23.2 Å². The van der Waals surface area contributed by atoms with Gasteiger partial charge < -0.3 is 5.32 Å². The van der Waals surface area contributed by atoms with Crippen LogP contribution >= 0.6 is 23.2 Å². The molecule has 21 heavy (non-hydrogen) atoms. The van der Waals surface area contributed by atoms with Crippen molar-refractivity contribution in [2.75, 3.05) is 6.54 Å². The first-order chi connectivity index (χ1) is 10.2. The Morgan fingerprint density at radius 2 is 1.81 bits per heavy atom. The van der Waals surface area contributed by atoms with Crippen molar-refractivity contribution in [3.63, 3.8) is 0 Å². The fourth-order valence-corrected chi connectivity index (χ4v) is 2.98. The van der Waals surface area contributed by atoms with E-state index in [4.69, 9.17) is 23.2 Å². The normalized spacial score (nSPS) is 12.3. The molecule has 0 radical (unpaired) electrons. The molecular formula is C18H21Cl2N. The van der Waals surface area contributed by atoms with Gasteiger partial charge in [0.15, 0.2) is 0 Å². The lowest BCUT2D eigenvalue weighted by atomic mass is 9.99. The maximum Gasteiger partial charge on any atom is 0.0454 e. The summed E-state index contributed by atoms with van der Waals surface area (Å²) >= 11 is 12.4. The van der Waals surface area contributed by atoms with Crippen LogP contribution in [0, 0.1) is 0 Å². The van der Waals surface area contributed by atoms with Crippen LogP contribution in [0.15, 0.2) is 48.5 Å². The van der Waals surface area contributed by atoms with Crippen molar-refractivity contribution in [2.45, 2.75) is 32.2 Å². The van der Waals surface area contributed by atoms with Gasteiger partial charge in [-0.05, 0) is 55.1 Å². The van der Waals surface area contributed by atoms with Gasteiger partial charge in [-0.15, -0.1) is 0 Å². The van der Waals surface area contributed by atoms with E-state index in [9.17, 15) is 0 Å². The van der Waals surface area contributed by atoms with Gasteiger partial charge in [-0.25, -0.2) is 0 Å². The Morgan fingerprint density at radius 3 is 2.52 bits per heavy atom. The van der Waals surface area contributed by atoms with E-state index in [0.29, 0.717) is 0 Å². The molecule has 1 atom stereocenters. The quantitative estimate of drug-likeness (QED) is 0.693. The van der Waals surface area contributed by atoms with Crippen LogP contribution < -0.4 is 5.32 Å². The number of nitrogens with one attached hydrogen (secondary N) is 1. The monoisotopic (exact) mass is 321 g/mol. The van der Waals surface area contributed by atoms with E-state index >= 15 is 0 Å². The Morgan fingerprint density at radius 1 is 1.05 bits per heavy atom. The summed E-state index contributed by atoms with van der Waals surface area (Å²) in [6.07, 6.45) is 3.24. The Kier molecular flexibility index (Phi) is 6.56. The highest BCUT2D eigenvalue weighted by Crippen LogP contribution is 2.29. The van der Waals surface area contributed by atoms with E-state index in [0.717, 1.165) is 41.4 Å². The minimum absolute atomic E-state index is 0.255. The fourth-order valence-electron chi connectivity index (χ4n) is 2.55.